The van der Waals surface area contributed by atoms with Crippen molar-refractivity contribution >= 4 is 18.3 Å². The lowest BCUT2D eigenvalue weighted by Crippen LogP contribution is -2.47. The van der Waals surface area contributed by atoms with Crippen LogP contribution in [0, 0.1) is 0 Å². The molecular weight excluding hydrogens is 316 g/mol. The van der Waals surface area contributed by atoms with E-state index in [1.807, 2.05) is 4.90 Å². The van der Waals surface area contributed by atoms with E-state index in [9.17, 15) is 4.79 Å². The van der Waals surface area contributed by atoms with Crippen molar-refractivity contribution in [3.05, 3.63) is 11.7 Å². The first-order valence-corrected chi connectivity index (χ1v) is 8.24. The Morgan fingerprint density at radius 3 is 2.74 bits per heavy atom. The van der Waals surface area contributed by atoms with Gasteiger partial charge in [0.25, 0.3) is 0 Å². The highest BCUT2D eigenvalue weighted by Crippen LogP contribution is 2.20. The lowest BCUT2D eigenvalue weighted by molar-refractivity contribution is -0.134. The van der Waals surface area contributed by atoms with Gasteiger partial charge < -0.3 is 15.2 Å². The van der Waals surface area contributed by atoms with Gasteiger partial charge in [-0.2, -0.15) is 4.98 Å². The highest BCUT2D eigenvalue weighted by Gasteiger charge is 2.25. The van der Waals surface area contributed by atoms with Gasteiger partial charge in [0.2, 0.25) is 11.8 Å². The van der Waals surface area contributed by atoms with Gasteiger partial charge in [-0.25, -0.2) is 0 Å². The summed E-state index contributed by atoms with van der Waals surface area (Å²) < 4.78 is 5.25. The van der Waals surface area contributed by atoms with Crippen LogP contribution in [0.1, 0.15) is 64.6 Å². The summed E-state index contributed by atoms with van der Waals surface area (Å²) in [5.74, 6) is 1.53. The van der Waals surface area contributed by atoms with Crippen molar-refractivity contribution in [3.8, 4) is 0 Å². The second-order valence-electron chi connectivity index (χ2n) is 7.09. The predicted molar refractivity (Wildman–Crippen MR) is 91.6 cm³/mol. The first-order chi connectivity index (χ1) is 10.4. The molecule has 0 spiro atoms. The van der Waals surface area contributed by atoms with Crippen molar-refractivity contribution < 1.29 is 9.32 Å². The number of halogens is 1. The minimum absolute atomic E-state index is 0. The van der Waals surface area contributed by atoms with Gasteiger partial charge in [0, 0.05) is 37.4 Å². The molecular formula is C16H29ClN4O2. The maximum atomic E-state index is 12.3. The second-order valence-corrected chi connectivity index (χ2v) is 7.09. The van der Waals surface area contributed by atoms with Crippen molar-refractivity contribution in [2.24, 2.45) is 5.73 Å². The summed E-state index contributed by atoms with van der Waals surface area (Å²) in [6.45, 7) is 7.55. The Morgan fingerprint density at radius 1 is 1.39 bits per heavy atom. The normalized spacial score (nSPS) is 18.6. The standard InChI is InChI=1S/C16H28N4O2.ClH/c1-16(2,3)15-18-13(22-19-15)8-6-9-14(21)20-10-5-4-7-12(20)11-17;/h12H,4-11,17H2,1-3H3;1H. The molecule has 1 aromatic heterocycles. The van der Waals surface area contributed by atoms with Gasteiger partial charge in [-0.3, -0.25) is 4.79 Å². The first-order valence-electron chi connectivity index (χ1n) is 8.24. The van der Waals surface area contributed by atoms with Gasteiger partial charge >= 0.3 is 0 Å². The van der Waals surface area contributed by atoms with Crippen LogP contribution in [0.2, 0.25) is 0 Å². The average Bonchev–Trinajstić information content (AvgIpc) is 2.96. The van der Waals surface area contributed by atoms with E-state index in [1.165, 1.54) is 6.42 Å². The Kier molecular flexibility index (Phi) is 7.48. The Morgan fingerprint density at radius 2 is 2.13 bits per heavy atom. The molecule has 2 N–H and O–H groups in total. The summed E-state index contributed by atoms with van der Waals surface area (Å²) in [5, 5.41) is 4.00. The Balaban J connectivity index is 0.00000264. The molecule has 1 atom stereocenters. The fourth-order valence-corrected chi connectivity index (χ4v) is 2.77. The van der Waals surface area contributed by atoms with Crippen LogP contribution in [-0.2, 0) is 16.6 Å². The second kappa shape index (κ2) is 8.64. The molecule has 0 aromatic carbocycles. The van der Waals surface area contributed by atoms with E-state index in [0.29, 0.717) is 31.1 Å². The molecule has 1 aromatic rings. The quantitative estimate of drug-likeness (QED) is 0.886. The van der Waals surface area contributed by atoms with Crippen LogP contribution in [0.3, 0.4) is 0 Å². The minimum atomic E-state index is -0.111. The van der Waals surface area contributed by atoms with E-state index < -0.39 is 0 Å². The molecule has 1 unspecified atom stereocenters. The molecule has 132 valence electrons. The number of aryl methyl sites for hydroxylation is 1. The summed E-state index contributed by atoms with van der Waals surface area (Å²) in [6, 6.07) is 0.220. The summed E-state index contributed by atoms with van der Waals surface area (Å²) >= 11 is 0. The van der Waals surface area contributed by atoms with Gasteiger partial charge in [0.15, 0.2) is 5.82 Å². The summed E-state index contributed by atoms with van der Waals surface area (Å²) in [7, 11) is 0. The zero-order valence-corrected chi connectivity index (χ0v) is 15.2. The van der Waals surface area contributed by atoms with E-state index in [-0.39, 0.29) is 29.8 Å². The van der Waals surface area contributed by atoms with E-state index in [2.05, 4.69) is 30.9 Å². The van der Waals surface area contributed by atoms with Crippen molar-refractivity contribution in [1.82, 2.24) is 15.0 Å². The molecule has 6 nitrogen and oxygen atoms in total. The number of carbonyl (C=O) groups excluding carboxylic acids is 1. The Bertz CT molecular complexity index is 499. The lowest BCUT2D eigenvalue weighted by atomic mass is 9.96. The molecule has 0 bridgehead atoms. The van der Waals surface area contributed by atoms with Crippen LogP contribution in [0.5, 0.6) is 0 Å². The van der Waals surface area contributed by atoms with E-state index in [0.717, 1.165) is 25.8 Å². The maximum absolute atomic E-state index is 12.3. The number of amides is 1. The summed E-state index contributed by atoms with van der Waals surface area (Å²) in [5.41, 5.74) is 5.66. The van der Waals surface area contributed by atoms with E-state index in [1.54, 1.807) is 0 Å². The molecule has 2 rings (SSSR count). The number of hydrogen-bond donors (Lipinski definition) is 1. The highest BCUT2D eigenvalue weighted by molar-refractivity contribution is 5.85. The van der Waals surface area contributed by atoms with Gasteiger partial charge in [-0.15, -0.1) is 12.4 Å². The lowest BCUT2D eigenvalue weighted by Gasteiger charge is -2.35. The Labute approximate surface area is 144 Å². The molecule has 1 saturated heterocycles. The molecule has 0 saturated carbocycles. The minimum Gasteiger partial charge on any atom is -0.339 e. The number of hydrogen-bond acceptors (Lipinski definition) is 5. The topological polar surface area (TPSA) is 85.2 Å². The summed E-state index contributed by atoms with van der Waals surface area (Å²) in [4.78, 5) is 18.7. The zero-order valence-electron chi connectivity index (χ0n) is 14.4. The van der Waals surface area contributed by atoms with E-state index >= 15 is 0 Å². The third kappa shape index (κ3) is 5.46. The van der Waals surface area contributed by atoms with Crippen molar-refractivity contribution in [2.45, 2.75) is 70.8 Å². The number of piperidine rings is 1. The number of carbonyl (C=O) groups is 1. The molecule has 23 heavy (non-hydrogen) atoms. The fourth-order valence-electron chi connectivity index (χ4n) is 2.77. The van der Waals surface area contributed by atoms with Crippen molar-refractivity contribution in [3.63, 3.8) is 0 Å². The number of rotatable bonds is 5. The largest absolute Gasteiger partial charge is 0.339 e. The molecule has 7 heteroatoms. The van der Waals surface area contributed by atoms with Crippen LogP contribution in [0.25, 0.3) is 0 Å². The molecule has 1 aliphatic heterocycles. The first kappa shape index (κ1) is 19.9. The van der Waals surface area contributed by atoms with Gasteiger partial charge in [-0.1, -0.05) is 25.9 Å². The molecule has 1 amide bonds. The molecule has 1 aliphatic rings. The molecule has 1 fully saturated rings. The van der Waals surface area contributed by atoms with Gasteiger partial charge in [0.05, 0.1) is 0 Å². The smallest absolute Gasteiger partial charge is 0.226 e. The van der Waals surface area contributed by atoms with Crippen LogP contribution in [0.4, 0.5) is 0 Å². The number of nitrogens with two attached hydrogens (primary N) is 1. The maximum Gasteiger partial charge on any atom is 0.226 e. The third-order valence-electron chi connectivity index (χ3n) is 4.14. The third-order valence-corrected chi connectivity index (χ3v) is 4.14. The van der Waals surface area contributed by atoms with Gasteiger partial charge in [0.1, 0.15) is 0 Å². The molecule has 2 heterocycles. The summed E-state index contributed by atoms with van der Waals surface area (Å²) in [6.07, 6.45) is 5.18. The van der Waals surface area contributed by atoms with Crippen molar-refractivity contribution in [1.29, 1.82) is 0 Å². The van der Waals surface area contributed by atoms with Crippen LogP contribution in [-0.4, -0.2) is 40.1 Å². The Hall–Kier alpha value is -1.14. The average molecular weight is 345 g/mol. The number of likely N-dealkylation sites (tertiary alicyclic amines) is 1. The van der Waals surface area contributed by atoms with Gasteiger partial charge in [-0.05, 0) is 25.7 Å². The fraction of sp³-hybridized carbons (Fsp3) is 0.812. The number of aromatic nitrogens is 2. The predicted octanol–water partition coefficient (Wildman–Crippen LogP) is 2.45. The molecule has 0 radical (unpaired) electrons. The SMILES string of the molecule is CC(C)(C)c1noc(CCCC(=O)N2CCCCC2CN)n1.Cl. The van der Waals surface area contributed by atoms with Crippen LogP contribution in [0.15, 0.2) is 4.52 Å². The zero-order chi connectivity index (χ0) is 16.2. The van der Waals surface area contributed by atoms with E-state index in [4.69, 9.17) is 10.3 Å². The molecule has 0 aliphatic carbocycles. The number of nitrogens with zero attached hydrogens (tertiary/aromatic N) is 3. The monoisotopic (exact) mass is 344 g/mol. The van der Waals surface area contributed by atoms with Crippen molar-refractivity contribution in [2.75, 3.05) is 13.1 Å². The van der Waals surface area contributed by atoms with Crippen LogP contribution >= 0.6 is 12.4 Å². The highest BCUT2D eigenvalue weighted by atomic mass is 35.5. The van der Waals surface area contributed by atoms with Crippen LogP contribution < -0.4 is 5.73 Å².